The number of ether oxygens (including phenoxy) is 1. The van der Waals surface area contributed by atoms with Gasteiger partial charge in [-0.2, -0.15) is 5.26 Å². The Morgan fingerprint density at radius 2 is 1.97 bits per heavy atom. The van der Waals surface area contributed by atoms with E-state index in [1.165, 1.54) is 35.6 Å². The first kappa shape index (κ1) is 21.5. The number of benzene rings is 1. The number of nitriles is 1. The minimum Gasteiger partial charge on any atom is -0.452 e. The van der Waals surface area contributed by atoms with Crippen LogP contribution in [0.2, 0.25) is 0 Å². The van der Waals surface area contributed by atoms with E-state index in [1.54, 1.807) is 0 Å². The minimum atomic E-state index is -0.795. The molecule has 0 bridgehead atoms. The Morgan fingerprint density at radius 3 is 2.72 bits per heavy atom. The highest BCUT2D eigenvalue weighted by atomic mass is 32.1. The van der Waals surface area contributed by atoms with Gasteiger partial charge in [-0.05, 0) is 49.4 Å². The molecule has 0 atom stereocenters. The fraction of sp³-hybridized carbons (Fsp3) is 0.261. The van der Waals surface area contributed by atoms with Crippen molar-refractivity contribution in [1.82, 2.24) is 4.90 Å². The molecular weight excluding hydrogens is 430 g/mol. The summed E-state index contributed by atoms with van der Waals surface area (Å²) in [6, 6.07) is 6.23. The van der Waals surface area contributed by atoms with Crippen LogP contribution in [-0.2, 0) is 22.4 Å². The number of amides is 3. The maximum Gasteiger partial charge on any atom is 0.338 e. The molecule has 0 saturated heterocycles. The zero-order valence-corrected chi connectivity index (χ0v) is 17.9. The molecule has 0 saturated carbocycles. The molecule has 32 heavy (non-hydrogen) atoms. The van der Waals surface area contributed by atoms with Crippen molar-refractivity contribution < 1.29 is 23.9 Å². The highest BCUT2D eigenvalue weighted by Gasteiger charge is 2.35. The molecule has 0 radical (unpaired) electrons. The lowest BCUT2D eigenvalue weighted by Gasteiger charge is -2.09. The van der Waals surface area contributed by atoms with Crippen molar-refractivity contribution >= 4 is 40.0 Å². The van der Waals surface area contributed by atoms with Gasteiger partial charge >= 0.3 is 5.97 Å². The number of esters is 1. The molecule has 0 unspecified atom stereocenters. The SMILES string of the molecule is C=CCN1C(=O)c2ccc(C(=O)OCC(=O)Nc3sc4c(c3C#N)CCCC4)cc2C1=O. The first-order valence-electron chi connectivity index (χ1n) is 10.1. The van der Waals surface area contributed by atoms with Crippen molar-refractivity contribution in [3.63, 3.8) is 0 Å². The first-order chi connectivity index (χ1) is 15.4. The van der Waals surface area contributed by atoms with Crippen LogP contribution < -0.4 is 5.32 Å². The van der Waals surface area contributed by atoms with Crippen molar-refractivity contribution in [2.45, 2.75) is 25.7 Å². The molecule has 2 aromatic rings. The van der Waals surface area contributed by atoms with Gasteiger partial charge in [0.2, 0.25) is 0 Å². The number of anilines is 1. The lowest BCUT2D eigenvalue weighted by Crippen LogP contribution is -2.29. The molecule has 2 heterocycles. The van der Waals surface area contributed by atoms with Crippen molar-refractivity contribution in [3.8, 4) is 6.07 Å². The minimum absolute atomic E-state index is 0.0578. The summed E-state index contributed by atoms with van der Waals surface area (Å²) in [6.45, 7) is 3.06. The number of thiophene rings is 1. The van der Waals surface area contributed by atoms with Crippen molar-refractivity contribution in [3.05, 3.63) is 63.5 Å². The van der Waals surface area contributed by atoms with Crippen LogP contribution in [0.15, 0.2) is 30.9 Å². The van der Waals surface area contributed by atoms with Crippen LogP contribution in [0.25, 0.3) is 0 Å². The molecule has 1 aromatic heterocycles. The highest BCUT2D eigenvalue weighted by Crippen LogP contribution is 2.37. The Morgan fingerprint density at radius 1 is 1.22 bits per heavy atom. The fourth-order valence-electron chi connectivity index (χ4n) is 3.86. The van der Waals surface area contributed by atoms with Gasteiger partial charge in [0, 0.05) is 11.4 Å². The largest absolute Gasteiger partial charge is 0.452 e. The number of nitrogens with zero attached hydrogens (tertiary/aromatic N) is 2. The zero-order valence-electron chi connectivity index (χ0n) is 17.1. The number of carbonyl (C=O) groups excluding carboxylic acids is 4. The second-order valence-corrected chi connectivity index (χ2v) is 8.53. The third kappa shape index (κ3) is 3.81. The number of aryl methyl sites for hydroxylation is 1. The standard InChI is InChI=1S/C23H19N3O5S/c1-2-9-26-21(28)15-8-7-13(10-16(15)22(26)29)23(30)31-12-19(27)25-20-17(11-24)14-5-3-4-6-18(14)32-20/h2,7-8,10H,1,3-6,9,12H2,(H,25,27). The predicted molar refractivity (Wildman–Crippen MR) is 117 cm³/mol. The Kier molecular flexibility index (Phi) is 5.88. The molecule has 8 nitrogen and oxygen atoms in total. The van der Waals surface area contributed by atoms with E-state index in [9.17, 15) is 24.4 Å². The zero-order chi connectivity index (χ0) is 22.8. The summed E-state index contributed by atoms with van der Waals surface area (Å²) in [7, 11) is 0. The smallest absolute Gasteiger partial charge is 0.338 e. The van der Waals surface area contributed by atoms with E-state index >= 15 is 0 Å². The summed E-state index contributed by atoms with van der Waals surface area (Å²) in [5.41, 5.74) is 1.85. The summed E-state index contributed by atoms with van der Waals surface area (Å²) in [4.78, 5) is 51.5. The lowest BCUT2D eigenvalue weighted by atomic mass is 9.96. The van der Waals surface area contributed by atoms with E-state index in [-0.39, 0.29) is 23.2 Å². The van der Waals surface area contributed by atoms with Gasteiger partial charge in [-0.1, -0.05) is 6.08 Å². The number of hydrogen-bond acceptors (Lipinski definition) is 7. The molecule has 1 aliphatic carbocycles. The molecule has 2 aliphatic rings. The fourth-order valence-corrected chi connectivity index (χ4v) is 5.12. The van der Waals surface area contributed by atoms with E-state index in [2.05, 4.69) is 18.0 Å². The van der Waals surface area contributed by atoms with Crippen LogP contribution in [0.4, 0.5) is 5.00 Å². The van der Waals surface area contributed by atoms with E-state index < -0.39 is 30.3 Å². The summed E-state index contributed by atoms with van der Waals surface area (Å²) < 4.78 is 5.08. The van der Waals surface area contributed by atoms with Crippen molar-refractivity contribution in [2.75, 3.05) is 18.5 Å². The maximum absolute atomic E-state index is 12.4. The van der Waals surface area contributed by atoms with Gasteiger partial charge in [-0.3, -0.25) is 19.3 Å². The number of fused-ring (bicyclic) bond motifs is 2. The van der Waals surface area contributed by atoms with Gasteiger partial charge < -0.3 is 10.1 Å². The van der Waals surface area contributed by atoms with Crippen LogP contribution in [-0.4, -0.2) is 41.7 Å². The molecule has 1 aliphatic heterocycles. The molecule has 0 spiro atoms. The first-order valence-corrected chi connectivity index (χ1v) is 10.9. The van der Waals surface area contributed by atoms with Crippen molar-refractivity contribution in [2.24, 2.45) is 0 Å². The monoisotopic (exact) mass is 449 g/mol. The highest BCUT2D eigenvalue weighted by molar-refractivity contribution is 7.16. The topological polar surface area (TPSA) is 117 Å². The van der Waals surface area contributed by atoms with Gasteiger partial charge in [0.05, 0.1) is 22.3 Å². The second-order valence-electron chi connectivity index (χ2n) is 7.42. The summed E-state index contributed by atoms with van der Waals surface area (Å²) in [5, 5.41) is 12.6. The van der Waals surface area contributed by atoms with Crippen LogP contribution in [0.5, 0.6) is 0 Å². The molecule has 4 rings (SSSR count). The maximum atomic E-state index is 12.4. The lowest BCUT2D eigenvalue weighted by molar-refractivity contribution is -0.119. The third-order valence-electron chi connectivity index (χ3n) is 5.39. The average Bonchev–Trinajstić information content (AvgIpc) is 3.27. The van der Waals surface area contributed by atoms with Gasteiger partial charge in [-0.15, -0.1) is 17.9 Å². The molecular formula is C23H19N3O5S. The van der Waals surface area contributed by atoms with Crippen LogP contribution in [0.1, 0.15) is 59.9 Å². The Hall–Kier alpha value is -3.77. The quantitative estimate of drug-likeness (QED) is 0.412. The molecule has 1 N–H and O–H groups in total. The molecule has 1 aromatic carbocycles. The number of nitrogens with one attached hydrogen (secondary N) is 1. The summed E-state index contributed by atoms with van der Waals surface area (Å²) in [6.07, 6.45) is 5.23. The van der Waals surface area contributed by atoms with Crippen molar-refractivity contribution in [1.29, 1.82) is 5.26 Å². The average molecular weight is 449 g/mol. The number of hydrogen-bond donors (Lipinski definition) is 1. The number of carbonyl (C=O) groups is 4. The Balaban J connectivity index is 1.41. The van der Waals surface area contributed by atoms with E-state index in [0.717, 1.165) is 41.0 Å². The van der Waals surface area contributed by atoms with Crippen LogP contribution in [0, 0.1) is 11.3 Å². The van der Waals surface area contributed by atoms with Crippen LogP contribution >= 0.6 is 11.3 Å². The van der Waals surface area contributed by atoms with Crippen LogP contribution in [0.3, 0.4) is 0 Å². The molecule has 162 valence electrons. The van der Waals surface area contributed by atoms with E-state index in [0.29, 0.717) is 10.6 Å². The van der Waals surface area contributed by atoms with E-state index in [1.807, 2.05) is 0 Å². The number of imide groups is 1. The summed E-state index contributed by atoms with van der Waals surface area (Å²) in [5.74, 6) is -2.31. The Bertz CT molecular complexity index is 1210. The predicted octanol–water partition coefficient (Wildman–Crippen LogP) is 3.08. The third-order valence-corrected chi connectivity index (χ3v) is 6.60. The van der Waals surface area contributed by atoms with Gasteiger partial charge in [-0.25, -0.2) is 4.79 Å². The second kappa shape index (κ2) is 8.77. The normalized spacial score (nSPS) is 14.4. The molecule has 3 amide bonds. The van der Waals surface area contributed by atoms with Gasteiger partial charge in [0.15, 0.2) is 6.61 Å². The number of rotatable bonds is 6. The molecule has 9 heteroatoms. The van der Waals surface area contributed by atoms with Gasteiger partial charge in [0.25, 0.3) is 17.7 Å². The molecule has 0 fully saturated rings. The van der Waals surface area contributed by atoms with E-state index in [4.69, 9.17) is 4.74 Å². The summed E-state index contributed by atoms with van der Waals surface area (Å²) >= 11 is 1.39. The van der Waals surface area contributed by atoms with Gasteiger partial charge in [0.1, 0.15) is 11.1 Å². The Labute approximate surface area is 188 Å².